The molecule has 0 spiro atoms. The number of rotatable bonds is 4. The van der Waals surface area contributed by atoms with Gasteiger partial charge in [-0.2, -0.15) is 0 Å². The third-order valence-corrected chi connectivity index (χ3v) is 3.40. The van der Waals surface area contributed by atoms with Gasteiger partial charge in [-0.3, -0.25) is 9.69 Å². The number of phenols is 2. The van der Waals surface area contributed by atoms with Crippen LogP contribution in [0.1, 0.15) is 24.9 Å². The Morgan fingerprint density at radius 1 is 1.33 bits per heavy atom. The van der Waals surface area contributed by atoms with Crippen LogP contribution < -0.4 is 0 Å². The summed E-state index contributed by atoms with van der Waals surface area (Å²) in [6.07, 6.45) is 0.203. The maximum atomic E-state index is 10.6. The molecular weight excluding hydrogens is 234 g/mol. The van der Waals surface area contributed by atoms with Crippen LogP contribution in [0.15, 0.2) is 18.2 Å². The van der Waals surface area contributed by atoms with E-state index in [0.29, 0.717) is 0 Å². The number of carbonyl (C=O) groups is 1. The summed E-state index contributed by atoms with van der Waals surface area (Å²) in [6.45, 7) is 3.46. The van der Waals surface area contributed by atoms with Crippen molar-refractivity contribution in [2.75, 3.05) is 13.1 Å². The SMILES string of the molecule is CC(c1cc(O)cc(O)c1)N1CC(CC(=O)O)C1. The Hall–Kier alpha value is -1.75. The van der Waals surface area contributed by atoms with Gasteiger partial charge in [-0.05, 0) is 30.5 Å². The van der Waals surface area contributed by atoms with Crippen molar-refractivity contribution >= 4 is 5.97 Å². The Morgan fingerprint density at radius 3 is 2.39 bits per heavy atom. The molecule has 18 heavy (non-hydrogen) atoms. The van der Waals surface area contributed by atoms with Gasteiger partial charge in [0.25, 0.3) is 0 Å². The molecule has 0 bridgehead atoms. The molecule has 1 aliphatic rings. The topological polar surface area (TPSA) is 81.0 Å². The van der Waals surface area contributed by atoms with Crippen LogP contribution in [0.5, 0.6) is 11.5 Å². The summed E-state index contributed by atoms with van der Waals surface area (Å²) >= 11 is 0. The lowest BCUT2D eigenvalue weighted by atomic mass is 9.92. The van der Waals surface area contributed by atoms with Crippen molar-refractivity contribution in [1.82, 2.24) is 4.90 Å². The molecule has 0 aromatic heterocycles. The number of aromatic hydroxyl groups is 2. The third-order valence-electron chi connectivity index (χ3n) is 3.40. The quantitative estimate of drug-likeness (QED) is 0.756. The van der Waals surface area contributed by atoms with Gasteiger partial charge in [-0.25, -0.2) is 0 Å². The van der Waals surface area contributed by atoms with E-state index in [2.05, 4.69) is 4.90 Å². The Bertz CT molecular complexity index is 434. The average Bonchev–Trinajstić information content (AvgIpc) is 2.20. The average molecular weight is 251 g/mol. The zero-order valence-corrected chi connectivity index (χ0v) is 10.2. The van der Waals surface area contributed by atoms with Gasteiger partial charge in [0.2, 0.25) is 0 Å². The maximum Gasteiger partial charge on any atom is 0.303 e. The van der Waals surface area contributed by atoms with Gasteiger partial charge < -0.3 is 15.3 Å². The van der Waals surface area contributed by atoms with E-state index in [1.807, 2.05) is 6.92 Å². The summed E-state index contributed by atoms with van der Waals surface area (Å²) < 4.78 is 0. The number of hydrogen-bond acceptors (Lipinski definition) is 4. The van der Waals surface area contributed by atoms with Crippen LogP contribution in [0.25, 0.3) is 0 Å². The van der Waals surface area contributed by atoms with Gasteiger partial charge in [0.1, 0.15) is 11.5 Å². The first-order chi connectivity index (χ1) is 8.45. The Kier molecular flexibility index (Phi) is 3.43. The van der Waals surface area contributed by atoms with E-state index in [4.69, 9.17) is 5.11 Å². The largest absolute Gasteiger partial charge is 0.508 e. The minimum Gasteiger partial charge on any atom is -0.508 e. The fourth-order valence-electron chi connectivity index (χ4n) is 2.37. The molecule has 1 fully saturated rings. The van der Waals surface area contributed by atoms with Crippen LogP contribution in [0.4, 0.5) is 0 Å². The fourth-order valence-corrected chi connectivity index (χ4v) is 2.37. The van der Waals surface area contributed by atoms with Gasteiger partial charge in [0.05, 0.1) is 6.42 Å². The van der Waals surface area contributed by atoms with Crippen LogP contribution in [-0.4, -0.2) is 39.3 Å². The predicted molar refractivity (Wildman–Crippen MR) is 65.5 cm³/mol. The second-order valence-corrected chi connectivity index (χ2v) is 4.88. The van der Waals surface area contributed by atoms with Crippen molar-refractivity contribution in [3.63, 3.8) is 0 Å². The highest BCUT2D eigenvalue weighted by Gasteiger charge is 2.32. The molecule has 1 atom stereocenters. The van der Waals surface area contributed by atoms with Crippen LogP contribution in [0.3, 0.4) is 0 Å². The van der Waals surface area contributed by atoms with Gasteiger partial charge in [-0.1, -0.05) is 0 Å². The molecule has 1 saturated heterocycles. The third kappa shape index (κ3) is 2.73. The number of carboxylic acid groups (broad SMARTS) is 1. The first-order valence-electron chi connectivity index (χ1n) is 5.94. The Morgan fingerprint density at radius 2 is 1.89 bits per heavy atom. The van der Waals surface area contributed by atoms with Crippen molar-refractivity contribution in [2.45, 2.75) is 19.4 Å². The standard InChI is InChI=1S/C13H17NO4/c1-8(10-3-11(15)5-12(16)4-10)14-6-9(7-14)2-13(17)18/h3-5,8-9,15-16H,2,6-7H2,1H3,(H,17,18). The van der Waals surface area contributed by atoms with Gasteiger partial charge in [0, 0.05) is 25.2 Å². The molecule has 0 radical (unpaired) electrons. The zero-order valence-electron chi connectivity index (χ0n) is 10.2. The summed E-state index contributed by atoms with van der Waals surface area (Å²) in [5.41, 5.74) is 0.835. The van der Waals surface area contributed by atoms with Crippen LogP contribution in [0.2, 0.25) is 0 Å². The number of nitrogens with zero attached hydrogens (tertiary/aromatic N) is 1. The van der Waals surface area contributed by atoms with Crippen LogP contribution >= 0.6 is 0 Å². The summed E-state index contributed by atoms with van der Waals surface area (Å²) in [5, 5.41) is 27.5. The number of benzene rings is 1. The highest BCUT2D eigenvalue weighted by molar-refractivity contribution is 5.67. The number of carboxylic acids is 1. The van der Waals surface area contributed by atoms with E-state index < -0.39 is 5.97 Å². The lowest BCUT2D eigenvalue weighted by Gasteiger charge is -2.42. The van der Waals surface area contributed by atoms with E-state index in [9.17, 15) is 15.0 Å². The Labute approximate surface area is 105 Å². The summed E-state index contributed by atoms with van der Waals surface area (Å²) in [7, 11) is 0. The van der Waals surface area contributed by atoms with Gasteiger partial charge >= 0.3 is 5.97 Å². The van der Waals surface area contributed by atoms with E-state index in [1.165, 1.54) is 6.07 Å². The molecule has 98 valence electrons. The van der Waals surface area contributed by atoms with Gasteiger partial charge in [0.15, 0.2) is 0 Å². The van der Waals surface area contributed by atoms with Crippen molar-refractivity contribution < 1.29 is 20.1 Å². The molecule has 1 unspecified atom stereocenters. The molecule has 5 nitrogen and oxygen atoms in total. The molecule has 3 N–H and O–H groups in total. The molecule has 0 aliphatic carbocycles. The van der Waals surface area contributed by atoms with E-state index in [1.54, 1.807) is 12.1 Å². The number of likely N-dealkylation sites (tertiary alicyclic amines) is 1. The second-order valence-electron chi connectivity index (χ2n) is 4.88. The number of aliphatic carboxylic acids is 1. The molecule has 2 rings (SSSR count). The lowest BCUT2D eigenvalue weighted by Crippen LogP contribution is -2.48. The molecule has 0 saturated carbocycles. The molecular formula is C13H17NO4. The Balaban J connectivity index is 1.97. The van der Waals surface area contributed by atoms with Crippen molar-refractivity contribution in [1.29, 1.82) is 0 Å². The smallest absolute Gasteiger partial charge is 0.303 e. The van der Waals surface area contributed by atoms with Crippen molar-refractivity contribution in [3.8, 4) is 11.5 Å². The summed E-state index contributed by atoms with van der Waals surface area (Å²) in [4.78, 5) is 12.7. The molecule has 0 amide bonds. The molecule has 5 heteroatoms. The maximum absolute atomic E-state index is 10.6. The van der Waals surface area contributed by atoms with Crippen molar-refractivity contribution in [2.24, 2.45) is 5.92 Å². The zero-order chi connectivity index (χ0) is 13.3. The van der Waals surface area contributed by atoms with E-state index in [-0.39, 0.29) is 29.9 Å². The highest BCUT2D eigenvalue weighted by Crippen LogP contribution is 2.33. The predicted octanol–water partition coefficient (Wildman–Crippen LogP) is 1.57. The number of phenolic OH excluding ortho intramolecular Hbond substituents is 2. The minimum atomic E-state index is -0.762. The summed E-state index contributed by atoms with van der Waals surface area (Å²) in [6, 6.07) is 4.59. The molecule has 1 aromatic carbocycles. The fraction of sp³-hybridized carbons (Fsp3) is 0.462. The molecule has 1 heterocycles. The van der Waals surface area contributed by atoms with E-state index >= 15 is 0 Å². The lowest BCUT2D eigenvalue weighted by molar-refractivity contribution is -0.139. The molecule has 1 aliphatic heterocycles. The monoisotopic (exact) mass is 251 g/mol. The summed E-state index contributed by atoms with van der Waals surface area (Å²) in [5.74, 6) is -0.475. The second kappa shape index (κ2) is 4.86. The minimum absolute atomic E-state index is 0.0412. The van der Waals surface area contributed by atoms with Gasteiger partial charge in [-0.15, -0.1) is 0 Å². The first kappa shape index (κ1) is 12.7. The van der Waals surface area contributed by atoms with E-state index in [0.717, 1.165) is 18.7 Å². The normalized spacial score (nSPS) is 18.3. The van der Waals surface area contributed by atoms with Crippen LogP contribution in [0, 0.1) is 5.92 Å². The van der Waals surface area contributed by atoms with Crippen LogP contribution in [-0.2, 0) is 4.79 Å². The molecule has 1 aromatic rings. The van der Waals surface area contributed by atoms with Crippen molar-refractivity contribution in [3.05, 3.63) is 23.8 Å². The number of hydrogen-bond donors (Lipinski definition) is 3. The first-order valence-corrected chi connectivity index (χ1v) is 5.94. The highest BCUT2D eigenvalue weighted by atomic mass is 16.4.